The van der Waals surface area contributed by atoms with Crippen LogP contribution >= 0.6 is 0 Å². The number of carbonyl (C=O) groups excluding carboxylic acids is 3. The molecule has 12 heteroatoms. The summed E-state index contributed by atoms with van der Waals surface area (Å²) in [4.78, 5) is 36.4. The smallest absolute Gasteiger partial charge is 0.303 e. The number of rotatable bonds is 12. The van der Waals surface area contributed by atoms with Gasteiger partial charge in [-0.15, -0.1) is 0 Å². The van der Waals surface area contributed by atoms with Crippen LogP contribution in [0, 0.1) is 0 Å². The lowest BCUT2D eigenvalue weighted by atomic mass is 9.90. The molecule has 2 rings (SSSR count). The number of ether oxygens (including phenoxy) is 5. The van der Waals surface area contributed by atoms with Gasteiger partial charge in [0.15, 0.2) is 26.3 Å². The minimum atomic E-state index is -2.33. The van der Waals surface area contributed by atoms with Crippen molar-refractivity contribution >= 4 is 26.2 Å². The van der Waals surface area contributed by atoms with Gasteiger partial charge in [0.25, 0.3) is 0 Å². The fourth-order valence-corrected chi connectivity index (χ4v) is 5.12. The Morgan fingerprint density at radius 2 is 1.65 bits per heavy atom. The molecule has 1 aliphatic heterocycles. The second-order valence-corrected chi connectivity index (χ2v) is 16.4. The number of carbonyl (C=O) groups is 3. The van der Waals surface area contributed by atoms with Crippen molar-refractivity contribution in [2.75, 3.05) is 13.2 Å². The van der Waals surface area contributed by atoms with E-state index < -0.39 is 69.1 Å². The van der Waals surface area contributed by atoms with Crippen LogP contribution in [0.3, 0.4) is 0 Å². The van der Waals surface area contributed by atoms with Crippen molar-refractivity contribution in [3.8, 4) is 0 Å². The maximum Gasteiger partial charge on any atom is 0.303 e. The molecule has 2 N–H and O–H groups in total. The van der Waals surface area contributed by atoms with Crippen molar-refractivity contribution < 1.29 is 52.7 Å². The zero-order chi connectivity index (χ0) is 30.3. The molecule has 11 nitrogen and oxygen atoms in total. The third-order valence-electron chi connectivity index (χ3n) is 7.18. The summed E-state index contributed by atoms with van der Waals surface area (Å²) in [6.45, 7) is 12.8. The molecule has 226 valence electrons. The van der Waals surface area contributed by atoms with Crippen LogP contribution in [0.4, 0.5) is 0 Å². The Morgan fingerprint density at radius 3 is 2.15 bits per heavy atom. The molecule has 0 aliphatic carbocycles. The van der Waals surface area contributed by atoms with E-state index in [0.29, 0.717) is 0 Å². The van der Waals surface area contributed by atoms with Gasteiger partial charge in [0.1, 0.15) is 18.3 Å². The number of aliphatic hydroxyl groups excluding tert-OH is 2. The lowest BCUT2D eigenvalue weighted by molar-refractivity contribution is -0.350. The van der Waals surface area contributed by atoms with E-state index in [1.54, 1.807) is 0 Å². The summed E-state index contributed by atoms with van der Waals surface area (Å²) in [5.74, 6) is -3.89. The molecule has 1 saturated heterocycles. The molecule has 0 unspecified atom stereocenters. The van der Waals surface area contributed by atoms with Crippen molar-refractivity contribution in [1.82, 2.24) is 0 Å². The molecule has 0 radical (unpaired) electrons. The van der Waals surface area contributed by atoms with Gasteiger partial charge in [-0.3, -0.25) is 14.4 Å². The van der Waals surface area contributed by atoms with E-state index >= 15 is 0 Å². The second-order valence-electron chi connectivity index (χ2n) is 11.6. The normalized spacial score (nSPS) is 25.0. The molecule has 1 heterocycles. The van der Waals surface area contributed by atoms with E-state index in [-0.39, 0.29) is 24.7 Å². The van der Waals surface area contributed by atoms with Gasteiger partial charge in [-0.2, -0.15) is 0 Å². The lowest BCUT2D eigenvalue weighted by Crippen LogP contribution is -2.65. The van der Waals surface area contributed by atoms with Crippen LogP contribution < -0.4 is 0 Å². The van der Waals surface area contributed by atoms with E-state index in [4.69, 9.17) is 28.1 Å². The summed E-state index contributed by atoms with van der Waals surface area (Å²) in [6, 6.07) is 9.13. The molecule has 0 saturated carbocycles. The fraction of sp³-hybridized carbons (Fsp3) is 0.679. The van der Waals surface area contributed by atoms with E-state index in [9.17, 15) is 24.6 Å². The summed E-state index contributed by atoms with van der Waals surface area (Å²) in [7, 11) is -2.33. The quantitative estimate of drug-likeness (QED) is 0.212. The van der Waals surface area contributed by atoms with Gasteiger partial charge in [-0.1, -0.05) is 51.1 Å². The molecule has 1 aromatic rings. The molecule has 6 atom stereocenters. The van der Waals surface area contributed by atoms with Crippen LogP contribution in [0.15, 0.2) is 30.3 Å². The molecular formula is C28H44O11Si. The molecule has 40 heavy (non-hydrogen) atoms. The average Bonchev–Trinajstić information content (AvgIpc) is 2.85. The first kappa shape index (κ1) is 33.9. The molecule has 0 aromatic heterocycles. The van der Waals surface area contributed by atoms with Gasteiger partial charge in [0.2, 0.25) is 0 Å². The van der Waals surface area contributed by atoms with Crippen molar-refractivity contribution in [2.45, 2.75) is 109 Å². The number of aliphatic hydroxyl groups is 2. The summed E-state index contributed by atoms with van der Waals surface area (Å²) in [6.07, 6.45) is -6.91. The summed E-state index contributed by atoms with van der Waals surface area (Å²) >= 11 is 0. The van der Waals surface area contributed by atoms with Gasteiger partial charge < -0.3 is 38.3 Å². The van der Waals surface area contributed by atoms with Crippen LogP contribution in [-0.2, 0) is 49.1 Å². The highest BCUT2D eigenvalue weighted by atomic mass is 28.4. The van der Waals surface area contributed by atoms with E-state index in [1.807, 2.05) is 64.2 Å². The molecule has 1 aliphatic rings. The van der Waals surface area contributed by atoms with Gasteiger partial charge in [-0.05, 0) is 23.7 Å². The highest BCUT2D eigenvalue weighted by Crippen LogP contribution is 2.39. The molecule has 0 amide bonds. The summed E-state index contributed by atoms with van der Waals surface area (Å²) in [5, 5.41) is 21.6. The first-order valence-corrected chi connectivity index (χ1v) is 16.2. The van der Waals surface area contributed by atoms with Crippen LogP contribution in [-0.4, -0.2) is 86.0 Å². The Bertz CT molecular complexity index is 994. The van der Waals surface area contributed by atoms with Crippen molar-refractivity contribution in [2.24, 2.45) is 0 Å². The number of hydrogen-bond donors (Lipinski definition) is 2. The number of hydrogen-bond acceptors (Lipinski definition) is 11. The van der Waals surface area contributed by atoms with Crippen molar-refractivity contribution in [3.63, 3.8) is 0 Å². The van der Waals surface area contributed by atoms with E-state index in [1.165, 1.54) is 13.8 Å². The second kappa shape index (κ2) is 14.0. The molecule has 1 aromatic carbocycles. The molecular weight excluding hydrogens is 540 g/mol. The first-order valence-electron chi connectivity index (χ1n) is 13.3. The Hall–Kier alpha value is -2.35. The monoisotopic (exact) mass is 584 g/mol. The maximum atomic E-state index is 12.2. The maximum absolute atomic E-state index is 12.2. The SMILES string of the molecule is CC(=O)O[C@@H]([C@@H]1O[C@](CO)(OCc2ccccc2)C[C@H](OC(C)=O)[C@H]1OC(C)=O)[C@H](O)CO[Si](C)(C)C(C)(C)C. The van der Waals surface area contributed by atoms with Gasteiger partial charge >= 0.3 is 17.9 Å². The van der Waals surface area contributed by atoms with Crippen LogP contribution in [0.25, 0.3) is 0 Å². The zero-order valence-electron chi connectivity index (χ0n) is 24.7. The molecule has 0 spiro atoms. The summed E-state index contributed by atoms with van der Waals surface area (Å²) in [5.41, 5.74) is 0.779. The lowest BCUT2D eigenvalue weighted by Gasteiger charge is -2.48. The fourth-order valence-electron chi connectivity index (χ4n) is 4.10. The predicted molar refractivity (Wildman–Crippen MR) is 146 cm³/mol. The summed E-state index contributed by atoms with van der Waals surface area (Å²) < 4.78 is 35.0. The highest BCUT2D eigenvalue weighted by molar-refractivity contribution is 6.74. The largest absolute Gasteiger partial charge is 0.458 e. The number of benzene rings is 1. The van der Waals surface area contributed by atoms with Gasteiger partial charge in [0, 0.05) is 27.2 Å². The zero-order valence-corrected chi connectivity index (χ0v) is 25.7. The Kier molecular flexibility index (Phi) is 11.9. The Morgan fingerprint density at radius 1 is 1.05 bits per heavy atom. The van der Waals surface area contributed by atoms with Crippen LogP contribution in [0.2, 0.25) is 18.1 Å². The standard InChI is InChI=1S/C28H44O11Si/c1-18(30)36-23-14-28(17-29,34-15-21-12-10-9-11-13-21)39-26(25(23)38-20(3)32)24(37-19(2)31)22(33)16-35-40(7,8)27(4,5)6/h9-13,22-26,29,33H,14-17H2,1-8H3/t22-,23+,24-,25-,26+,28-/m1/s1. The molecule has 0 bridgehead atoms. The van der Waals surface area contributed by atoms with Gasteiger partial charge in [0.05, 0.1) is 19.8 Å². The highest BCUT2D eigenvalue weighted by Gasteiger charge is 2.56. The predicted octanol–water partition coefficient (Wildman–Crippen LogP) is 2.86. The van der Waals surface area contributed by atoms with Crippen LogP contribution in [0.5, 0.6) is 0 Å². The minimum absolute atomic E-state index is 0.0222. The van der Waals surface area contributed by atoms with E-state index in [2.05, 4.69) is 0 Å². The third-order valence-corrected chi connectivity index (χ3v) is 11.7. The Labute approximate surface area is 237 Å². The minimum Gasteiger partial charge on any atom is -0.458 e. The van der Waals surface area contributed by atoms with Crippen LogP contribution in [0.1, 0.15) is 53.5 Å². The topological polar surface area (TPSA) is 147 Å². The first-order chi connectivity index (χ1) is 18.5. The van der Waals surface area contributed by atoms with Crippen molar-refractivity contribution in [1.29, 1.82) is 0 Å². The number of esters is 3. The average molecular weight is 585 g/mol. The third kappa shape index (κ3) is 9.35. The van der Waals surface area contributed by atoms with E-state index in [0.717, 1.165) is 12.5 Å². The van der Waals surface area contributed by atoms with Crippen molar-refractivity contribution in [3.05, 3.63) is 35.9 Å². The molecule has 1 fully saturated rings. The van der Waals surface area contributed by atoms with Gasteiger partial charge in [-0.25, -0.2) is 0 Å². The Balaban J connectivity index is 2.50.